The second-order valence-corrected chi connectivity index (χ2v) is 9.71. The molecule has 2 amide bonds. The third-order valence-corrected chi connectivity index (χ3v) is 7.00. The molecule has 0 aliphatic heterocycles. The summed E-state index contributed by atoms with van der Waals surface area (Å²) in [6, 6.07) is 23.1. The molecule has 8 heteroatoms. The van der Waals surface area contributed by atoms with E-state index in [1.54, 1.807) is 13.0 Å². The highest BCUT2D eigenvalue weighted by Gasteiger charge is 2.33. The minimum absolute atomic E-state index is 0.0739. The molecular formula is C32H34N2O6. The van der Waals surface area contributed by atoms with Gasteiger partial charge in [-0.05, 0) is 47.6 Å². The smallest absolute Gasteiger partial charge is 0.407 e. The average Bonchev–Trinajstić information content (AvgIpc) is 3.29. The Bertz CT molecular complexity index is 1300. The van der Waals surface area contributed by atoms with Gasteiger partial charge in [0.15, 0.2) is 0 Å². The minimum atomic E-state index is -1.19. The van der Waals surface area contributed by atoms with Crippen molar-refractivity contribution in [1.82, 2.24) is 10.6 Å². The lowest BCUT2D eigenvalue weighted by Gasteiger charge is -2.26. The summed E-state index contributed by atoms with van der Waals surface area (Å²) in [5.74, 6) is -1.99. The molecule has 0 saturated carbocycles. The van der Waals surface area contributed by atoms with Crippen LogP contribution in [0.4, 0.5) is 4.79 Å². The van der Waals surface area contributed by atoms with Crippen molar-refractivity contribution in [2.75, 3.05) is 6.61 Å². The molecule has 3 aromatic carbocycles. The molecule has 4 rings (SSSR count). The maximum Gasteiger partial charge on any atom is 0.407 e. The Hall–Kier alpha value is -4.43. The number of hydrogen-bond acceptors (Lipinski definition) is 5. The molecule has 0 spiro atoms. The first-order chi connectivity index (χ1) is 19.4. The number of alkyl carbamates (subject to hydrolysis) is 1. The van der Waals surface area contributed by atoms with E-state index in [2.05, 4.69) is 17.2 Å². The van der Waals surface area contributed by atoms with E-state index in [1.807, 2.05) is 78.9 Å². The number of carbonyl (C=O) groups is 3. The molecule has 3 N–H and O–H groups in total. The lowest BCUT2D eigenvalue weighted by atomic mass is 9.98. The average molecular weight is 543 g/mol. The van der Waals surface area contributed by atoms with Gasteiger partial charge in [-0.25, -0.2) is 9.59 Å². The van der Waals surface area contributed by atoms with E-state index in [1.165, 1.54) is 0 Å². The molecule has 0 bridgehead atoms. The Morgan fingerprint density at radius 3 is 2.12 bits per heavy atom. The Morgan fingerprint density at radius 1 is 0.925 bits per heavy atom. The Morgan fingerprint density at radius 2 is 1.52 bits per heavy atom. The molecule has 40 heavy (non-hydrogen) atoms. The van der Waals surface area contributed by atoms with E-state index in [-0.39, 0.29) is 25.6 Å². The number of ether oxygens (including phenoxy) is 2. The van der Waals surface area contributed by atoms with Crippen LogP contribution >= 0.6 is 0 Å². The third kappa shape index (κ3) is 6.95. The molecule has 208 valence electrons. The SMILES string of the molecule is C=CCCC(NC(=O)C(NC(=O)OCC1c2ccccc2-c2ccccc21)C(C)OCc1ccccc1)C(=O)O. The lowest BCUT2D eigenvalue weighted by Crippen LogP contribution is -2.56. The number of aliphatic carboxylic acids is 1. The van der Waals surface area contributed by atoms with Crippen molar-refractivity contribution in [2.45, 2.75) is 50.5 Å². The fraction of sp³-hybridized carbons (Fsp3) is 0.281. The highest BCUT2D eigenvalue weighted by atomic mass is 16.5. The summed E-state index contributed by atoms with van der Waals surface area (Å²) in [5, 5.41) is 14.7. The molecule has 0 saturated heterocycles. The largest absolute Gasteiger partial charge is 0.480 e. The van der Waals surface area contributed by atoms with Crippen LogP contribution in [0.3, 0.4) is 0 Å². The molecule has 0 heterocycles. The summed E-state index contributed by atoms with van der Waals surface area (Å²) in [6.45, 7) is 5.54. The van der Waals surface area contributed by atoms with E-state index in [0.29, 0.717) is 6.42 Å². The van der Waals surface area contributed by atoms with Gasteiger partial charge in [-0.15, -0.1) is 6.58 Å². The summed E-state index contributed by atoms with van der Waals surface area (Å²) in [4.78, 5) is 38.0. The summed E-state index contributed by atoms with van der Waals surface area (Å²) in [7, 11) is 0. The molecule has 0 radical (unpaired) electrons. The van der Waals surface area contributed by atoms with Gasteiger partial charge in [-0.1, -0.05) is 84.9 Å². The first kappa shape index (κ1) is 28.6. The van der Waals surface area contributed by atoms with E-state index >= 15 is 0 Å². The number of hydrogen-bond donors (Lipinski definition) is 3. The number of rotatable bonds is 13. The van der Waals surface area contributed by atoms with Gasteiger partial charge >= 0.3 is 12.1 Å². The molecule has 0 aromatic heterocycles. The fourth-order valence-corrected chi connectivity index (χ4v) is 4.86. The highest BCUT2D eigenvalue weighted by Crippen LogP contribution is 2.44. The van der Waals surface area contributed by atoms with E-state index in [9.17, 15) is 19.5 Å². The quantitative estimate of drug-likeness (QED) is 0.261. The van der Waals surface area contributed by atoms with Crippen molar-refractivity contribution in [3.63, 3.8) is 0 Å². The number of carboxylic acid groups (broad SMARTS) is 1. The Balaban J connectivity index is 1.45. The van der Waals surface area contributed by atoms with E-state index in [4.69, 9.17) is 9.47 Å². The standard InChI is InChI=1S/C32H34N2O6/c1-3-4-18-28(31(36)37)33-30(35)29(21(2)39-19-22-12-6-5-7-13-22)34-32(38)40-20-27-25-16-10-8-14-23(25)24-15-9-11-17-26(24)27/h3,5-17,21,27-29H,1,4,18-20H2,2H3,(H,33,35)(H,34,38)(H,36,37). The number of benzene rings is 3. The summed E-state index contributed by atoms with van der Waals surface area (Å²) in [5.41, 5.74) is 5.23. The van der Waals surface area contributed by atoms with Crippen molar-refractivity contribution >= 4 is 18.0 Å². The maximum atomic E-state index is 13.2. The molecule has 1 aliphatic carbocycles. The molecular weight excluding hydrogens is 508 g/mol. The highest BCUT2D eigenvalue weighted by molar-refractivity contribution is 5.89. The number of carbonyl (C=O) groups excluding carboxylic acids is 2. The topological polar surface area (TPSA) is 114 Å². The van der Waals surface area contributed by atoms with Gasteiger partial charge < -0.3 is 25.2 Å². The van der Waals surface area contributed by atoms with Gasteiger partial charge in [0.1, 0.15) is 18.7 Å². The Kier molecular flexibility index (Phi) is 9.70. The first-order valence-corrected chi connectivity index (χ1v) is 13.3. The molecule has 3 aromatic rings. The zero-order valence-corrected chi connectivity index (χ0v) is 22.4. The van der Waals surface area contributed by atoms with Crippen LogP contribution in [0.25, 0.3) is 11.1 Å². The summed E-state index contributed by atoms with van der Waals surface area (Å²) in [6.07, 6.45) is 0.577. The van der Waals surface area contributed by atoms with Crippen molar-refractivity contribution < 1.29 is 29.0 Å². The van der Waals surface area contributed by atoms with Gasteiger partial charge in [-0.3, -0.25) is 4.79 Å². The third-order valence-electron chi connectivity index (χ3n) is 7.00. The second kappa shape index (κ2) is 13.6. The van der Waals surface area contributed by atoms with Gasteiger partial charge in [0.25, 0.3) is 0 Å². The Labute approximate surface area is 234 Å². The molecule has 3 unspecified atom stereocenters. The van der Waals surface area contributed by atoms with E-state index in [0.717, 1.165) is 27.8 Å². The second-order valence-electron chi connectivity index (χ2n) is 9.71. The van der Waals surface area contributed by atoms with Crippen molar-refractivity contribution in [1.29, 1.82) is 0 Å². The summed E-state index contributed by atoms with van der Waals surface area (Å²) >= 11 is 0. The van der Waals surface area contributed by atoms with Crippen LogP contribution in [0.1, 0.15) is 42.4 Å². The van der Waals surface area contributed by atoms with Crippen LogP contribution in [-0.2, 0) is 25.7 Å². The molecule has 3 atom stereocenters. The molecule has 0 fully saturated rings. The number of allylic oxidation sites excluding steroid dienone is 1. The zero-order valence-electron chi connectivity index (χ0n) is 22.4. The van der Waals surface area contributed by atoms with Crippen molar-refractivity contribution in [2.24, 2.45) is 0 Å². The number of nitrogens with one attached hydrogen (secondary N) is 2. The van der Waals surface area contributed by atoms with Gasteiger partial charge in [0.2, 0.25) is 5.91 Å². The predicted octanol–water partition coefficient (Wildman–Crippen LogP) is 5.03. The van der Waals surface area contributed by atoms with Crippen LogP contribution in [0, 0.1) is 0 Å². The van der Waals surface area contributed by atoms with Crippen LogP contribution in [-0.4, -0.2) is 47.9 Å². The van der Waals surface area contributed by atoms with Gasteiger partial charge in [0.05, 0.1) is 12.7 Å². The number of amides is 2. The first-order valence-electron chi connectivity index (χ1n) is 13.3. The lowest BCUT2D eigenvalue weighted by molar-refractivity contribution is -0.143. The normalized spacial score (nSPS) is 14.2. The number of fused-ring (bicyclic) bond motifs is 3. The van der Waals surface area contributed by atoms with Crippen molar-refractivity contribution in [3.05, 3.63) is 108 Å². The van der Waals surface area contributed by atoms with Crippen LogP contribution in [0.5, 0.6) is 0 Å². The molecule has 8 nitrogen and oxygen atoms in total. The van der Waals surface area contributed by atoms with Crippen molar-refractivity contribution in [3.8, 4) is 11.1 Å². The summed E-state index contributed by atoms with van der Waals surface area (Å²) < 4.78 is 11.5. The van der Waals surface area contributed by atoms with Crippen LogP contribution < -0.4 is 10.6 Å². The molecule has 1 aliphatic rings. The fourth-order valence-electron chi connectivity index (χ4n) is 4.86. The van der Waals surface area contributed by atoms with Gasteiger partial charge in [-0.2, -0.15) is 0 Å². The monoisotopic (exact) mass is 542 g/mol. The van der Waals surface area contributed by atoms with E-state index < -0.39 is 36.2 Å². The minimum Gasteiger partial charge on any atom is -0.480 e. The number of carboxylic acids is 1. The zero-order chi connectivity index (χ0) is 28.5. The van der Waals surface area contributed by atoms with Crippen LogP contribution in [0.2, 0.25) is 0 Å². The maximum absolute atomic E-state index is 13.2. The van der Waals surface area contributed by atoms with Gasteiger partial charge in [0, 0.05) is 5.92 Å². The predicted molar refractivity (Wildman–Crippen MR) is 152 cm³/mol. The van der Waals surface area contributed by atoms with Crippen LogP contribution in [0.15, 0.2) is 91.5 Å².